The molecule has 5 rings (SSSR count). The van der Waals surface area contributed by atoms with Gasteiger partial charge in [0.2, 0.25) is 0 Å². The van der Waals surface area contributed by atoms with Crippen molar-refractivity contribution in [1.82, 2.24) is 4.98 Å². The minimum atomic E-state index is 0.0888. The van der Waals surface area contributed by atoms with Gasteiger partial charge in [0, 0.05) is 23.1 Å². The van der Waals surface area contributed by atoms with Gasteiger partial charge in [0.05, 0.1) is 5.69 Å². The fourth-order valence-corrected chi connectivity index (χ4v) is 5.85. The number of fused-ring (bicyclic) bond motifs is 1. The topological polar surface area (TPSA) is 19.4 Å². The first-order valence-electron chi connectivity index (χ1n) is 14.8. The molecule has 0 N–H and O–H groups in total. The molecular weight excluding hydrogens is 486 g/mol. The van der Waals surface area contributed by atoms with Gasteiger partial charge in [-0.25, -0.2) is 4.98 Å². The highest BCUT2D eigenvalue weighted by molar-refractivity contribution is 5.89. The van der Waals surface area contributed by atoms with E-state index in [-0.39, 0.29) is 11.6 Å². The summed E-state index contributed by atoms with van der Waals surface area (Å²) < 4.78 is 0. The number of aryl methyl sites for hydroxylation is 1. The molecule has 3 heteroatoms. The lowest BCUT2D eigenvalue weighted by molar-refractivity contribution is 0.414. The van der Waals surface area contributed by atoms with Crippen molar-refractivity contribution in [3.8, 4) is 11.1 Å². The van der Waals surface area contributed by atoms with Gasteiger partial charge in [-0.3, -0.25) is 0 Å². The van der Waals surface area contributed by atoms with Crippen LogP contribution in [0.1, 0.15) is 71.9 Å². The predicted molar refractivity (Wildman–Crippen MR) is 176 cm³/mol. The summed E-state index contributed by atoms with van der Waals surface area (Å²) in [5.74, 6) is 1.02. The van der Waals surface area contributed by atoms with E-state index in [2.05, 4.69) is 143 Å². The molecular formula is C37H47N3. The summed E-state index contributed by atoms with van der Waals surface area (Å²) in [5, 5.41) is 0. The summed E-state index contributed by atoms with van der Waals surface area (Å²) in [6.07, 6.45) is 5.57. The van der Waals surface area contributed by atoms with Gasteiger partial charge in [-0.2, -0.15) is 0 Å². The van der Waals surface area contributed by atoms with Crippen LogP contribution in [-0.4, -0.2) is 11.1 Å². The number of nitrogens with zero attached hydrogens (tertiary/aromatic N) is 3. The molecule has 1 aliphatic heterocycles. The molecule has 0 saturated carbocycles. The van der Waals surface area contributed by atoms with Crippen molar-refractivity contribution in [3.05, 3.63) is 115 Å². The standard InChI is InChI=1S/C33H37N3.C2H6.C2H4/c1-6-21-33(5,7-2)29-19-13-14-20-30(29)36-25(4)35(27-16-9-8-10-17-27)31-22-26(23-34-32(31)36)28-18-12-11-15-24(28)3;2*1-2/h8-20,22-23,25H,6-7,21H2,1-5H3;1-2H3;1-2H2. The highest BCUT2D eigenvalue weighted by Crippen LogP contribution is 2.50. The van der Waals surface area contributed by atoms with E-state index in [1.807, 2.05) is 20.0 Å². The zero-order valence-electron chi connectivity index (χ0n) is 25.6. The van der Waals surface area contributed by atoms with E-state index in [1.54, 1.807) is 0 Å². The molecule has 2 atom stereocenters. The monoisotopic (exact) mass is 533 g/mol. The molecule has 1 aromatic heterocycles. The Labute approximate surface area is 243 Å². The van der Waals surface area contributed by atoms with Gasteiger partial charge >= 0.3 is 0 Å². The van der Waals surface area contributed by atoms with E-state index in [4.69, 9.17) is 4.98 Å². The van der Waals surface area contributed by atoms with E-state index < -0.39 is 0 Å². The van der Waals surface area contributed by atoms with Gasteiger partial charge in [0.1, 0.15) is 6.17 Å². The smallest absolute Gasteiger partial charge is 0.158 e. The van der Waals surface area contributed by atoms with Gasteiger partial charge in [0.15, 0.2) is 5.82 Å². The molecule has 0 amide bonds. The Bertz CT molecular complexity index is 1360. The van der Waals surface area contributed by atoms with Crippen molar-refractivity contribution in [2.45, 2.75) is 79.3 Å². The van der Waals surface area contributed by atoms with Crippen molar-refractivity contribution in [2.24, 2.45) is 0 Å². The fourth-order valence-electron chi connectivity index (χ4n) is 5.85. The molecule has 3 aromatic carbocycles. The molecule has 0 radical (unpaired) electrons. The lowest BCUT2D eigenvalue weighted by Gasteiger charge is -2.36. The quantitative estimate of drug-likeness (QED) is 0.220. The fraction of sp³-hybridized carbons (Fsp3) is 0.324. The van der Waals surface area contributed by atoms with E-state index in [9.17, 15) is 0 Å². The summed E-state index contributed by atoms with van der Waals surface area (Å²) in [6, 6.07) is 30.6. The van der Waals surface area contributed by atoms with Gasteiger partial charge in [-0.05, 0) is 73.1 Å². The normalized spacial score (nSPS) is 15.2. The number of pyridine rings is 1. The van der Waals surface area contributed by atoms with Crippen LogP contribution in [0.15, 0.2) is 104 Å². The van der Waals surface area contributed by atoms with Crippen LogP contribution in [0.2, 0.25) is 0 Å². The third-order valence-corrected chi connectivity index (χ3v) is 7.97. The number of rotatable bonds is 7. The first kappa shape index (κ1) is 30.7. The molecule has 1 aliphatic rings. The summed E-state index contributed by atoms with van der Waals surface area (Å²) >= 11 is 0. The van der Waals surface area contributed by atoms with Crippen LogP contribution in [0, 0.1) is 6.92 Å². The number of aromatic nitrogens is 1. The Morgan fingerprint density at radius 3 is 2.10 bits per heavy atom. The third kappa shape index (κ3) is 5.84. The van der Waals surface area contributed by atoms with E-state index in [1.165, 1.54) is 34.5 Å². The highest BCUT2D eigenvalue weighted by Gasteiger charge is 2.39. The van der Waals surface area contributed by atoms with Gasteiger partial charge in [0.25, 0.3) is 0 Å². The molecule has 3 nitrogen and oxygen atoms in total. The van der Waals surface area contributed by atoms with E-state index in [0.717, 1.165) is 29.9 Å². The van der Waals surface area contributed by atoms with Gasteiger partial charge in [-0.1, -0.05) is 102 Å². The number of hydrogen-bond donors (Lipinski definition) is 0. The van der Waals surface area contributed by atoms with Crippen LogP contribution in [0.3, 0.4) is 0 Å². The van der Waals surface area contributed by atoms with Crippen molar-refractivity contribution >= 4 is 22.9 Å². The van der Waals surface area contributed by atoms with Crippen molar-refractivity contribution < 1.29 is 0 Å². The number of anilines is 4. The average Bonchev–Trinajstić information content (AvgIpc) is 3.30. The maximum atomic E-state index is 5.14. The first-order chi connectivity index (χ1) is 19.5. The predicted octanol–water partition coefficient (Wildman–Crippen LogP) is 11.0. The SMILES string of the molecule is C=C.CC.CCCC(C)(CC)c1ccccc1N1c2ncc(-c3ccccc3C)cc2N(c2ccccc2)C1C. The molecule has 0 bridgehead atoms. The Morgan fingerprint density at radius 2 is 1.45 bits per heavy atom. The summed E-state index contributed by atoms with van der Waals surface area (Å²) in [7, 11) is 0. The molecule has 2 unspecified atom stereocenters. The Morgan fingerprint density at radius 1 is 0.825 bits per heavy atom. The molecule has 2 heterocycles. The van der Waals surface area contributed by atoms with Crippen LogP contribution in [0.4, 0.5) is 22.9 Å². The van der Waals surface area contributed by atoms with E-state index >= 15 is 0 Å². The second kappa shape index (κ2) is 14.0. The summed E-state index contributed by atoms with van der Waals surface area (Å²) in [6.45, 7) is 21.5. The highest BCUT2D eigenvalue weighted by atomic mass is 15.4. The van der Waals surface area contributed by atoms with Crippen LogP contribution in [0.5, 0.6) is 0 Å². The summed E-state index contributed by atoms with van der Waals surface area (Å²) in [4.78, 5) is 10.0. The van der Waals surface area contributed by atoms with Gasteiger partial charge in [-0.15, -0.1) is 13.2 Å². The van der Waals surface area contributed by atoms with Gasteiger partial charge < -0.3 is 9.80 Å². The number of benzene rings is 3. The van der Waals surface area contributed by atoms with Crippen molar-refractivity contribution in [2.75, 3.05) is 9.80 Å². The maximum Gasteiger partial charge on any atom is 0.158 e. The molecule has 210 valence electrons. The average molecular weight is 534 g/mol. The zero-order valence-corrected chi connectivity index (χ0v) is 25.6. The van der Waals surface area contributed by atoms with Crippen LogP contribution >= 0.6 is 0 Å². The first-order valence-corrected chi connectivity index (χ1v) is 14.8. The lowest BCUT2D eigenvalue weighted by Crippen LogP contribution is -2.37. The Kier molecular flexibility index (Phi) is 10.7. The van der Waals surface area contributed by atoms with Crippen LogP contribution in [0.25, 0.3) is 11.1 Å². The third-order valence-electron chi connectivity index (χ3n) is 7.97. The minimum Gasteiger partial charge on any atom is -0.317 e. The molecule has 4 aromatic rings. The zero-order chi connectivity index (χ0) is 29.3. The number of para-hydroxylation sites is 2. The van der Waals surface area contributed by atoms with Crippen molar-refractivity contribution in [1.29, 1.82) is 0 Å². The van der Waals surface area contributed by atoms with Crippen molar-refractivity contribution in [3.63, 3.8) is 0 Å². The van der Waals surface area contributed by atoms with Crippen LogP contribution in [-0.2, 0) is 5.41 Å². The molecule has 0 aliphatic carbocycles. The minimum absolute atomic E-state index is 0.0888. The Hall–Kier alpha value is -3.85. The molecule has 40 heavy (non-hydrogen) atoms. The second-order valence-corrected chi connectivity index (χ2v) is 10.3. The van der Waals surface area contributed by atoms with Crippen LogP contribution < -0.4 is 9.80 Å². The molecule has 0 spiro atoms. The summed E-state index contributed by atoms with van der Waals surface area (Å²) in [5.41, 5.74) is 8.77. The maximum absolute atomic E-state index is 5.14. The lowest BCUT2D eigenvalue weighted by atomic mass is 9.75. The second-order valence-electron chi connectivity index (χ2n) is 10.3. The molecule has 0 saturated heterocycles. The molecule has 0 fully saturated rings. The van der Waals surface area contributed by atoms with E-state index in [0.29, 0.717) is 0 Å². The number of hydrogen-bond acceptors (Lipinski definition) is 3. The largest absolute Gasteiger partial charge is 0.317 e. The Balaban J connectivity index is 0.00000106.